The van der Waals surface area contributed by atoms with Gasteiger partial charge in [0.1, 0.15) is 11.3 Å². The molecule has 1 N–H and O–H groups in total. The van der Waals surface area contributed by atoms with Crippen molar-refractivity contribution < 1.29 is 19.4 Å². The van der Waals surface area contributed by atoms with E-state index in [1.165, 1.54) is 12.1 Å². The first-order chi connectivity index (χ1) is 11.1. The predicted molar refractivity (Wildman–Crippen MR) is 90.7 cm³/mol. The molecule has 1 aromatic carbocycles. The number of carboxylic acid groups (broad SMARTS) is 1. The monoisotopic (exact) mass is 316 g/mol. The Kier molecular flexibility index (Phi) is 9.13. The average Bonchev–Trinajstić information content (AvgIpc) is 2.53. The molecular formula is C19H24O4. The third-order valence-electron chi connectivity index (χ3n) is 3.37. The first kappa shape index (κ1) is 18.7. The number of para-hydroxylation sites is 1. The fraction of sp³-hybridized carbons (Fsp3) is 0.368. The summed E-state index contributed by atoms with van der Waals surface area (Å²) in [6.07, 6.45) is 12.3. The van der Waals surface area contributed by atoms with Gasteiger partial charge in [-0.25, -0.2) is 4.79 Å². The highest BCUT2D eigenvalue weighted by molar-refractivity contribution is 5.91. The topological polar surface area (TPSA) is 63.6 Å². The summed E-state index contributed by atoms with van der Waals surface area (Å²) >= 11 is 0. The highest BCUT2D eigenvalue weighted by Gasteiger charge is 2.13. The van der Waals surface area contributed by atoms with Crippen molar-refractivity contribution in [2.24, 2.45) is 0 Å². The van der Waals surface area contributed by atoms with Crippen molar-refractivity contribution in [1.29, 1.82) is 0 Å². The second-order valence-corrected chi connectivity index (χ2v) is 5.25. The molecule has 4 heteroatoms. The van der Waals surface area contributed by atoms with E-state index in [2.05, 4.69) is 12.7 Å². The minimum absolute atomic E-state index is 0.00780. The van der Waals surface area contributed by atoms with Crippen LogP contribution < -0.4 is 4.74 Å². The number of carbonyl (C=O) groups is 2. The van der Waals surface area contributed by atoms with Gasteiger partial charge in [0.05, 0.1) is 0 Å². The van der Waals surface area contributed by atoms with Crippen molar-refractivity contribution in [3.8, 4) is 5.75 Å². The summed E-state index contributed by atoms with van der Waals surface area (Å²) in [7, 11) is 0. The van der Waals surface area contributed by atoms with Gasteiger partial charge in [0.25, 0.3) is 0 Å². The Morgan fingerprint density at radius 2 is 1.78 bits per heavy atom. The van der Waals surface area contributed by atoms with Crippen LogP contribution in [0.2, 0.25) is 0 Å². The maximum Gasteiger partial charge on any atom is 0.339 e. The Hall–Kier alpha value is -2.36. The second kappa shape index (κ2) is 11.2. The number of ether oxygens (including phenoxy) is 1. The lowest BCUT2D eigenvalue weighted by Crippen LogP contribution is -2.10. The second-order valence-electron chi connectivity index (χ2n) is 5.25. The summed E-state index contributed by atoms with van der Waals surface area (Å²) in [4.78, 5) is 22.8. The van der Waals surface area contributed by atoms with Crippen LogP contribution in [0, 0.1) is 0 Å². The number of rotatable bonds is 11. The largest absolute Gasteiger partial charge is 0.478 e. The Morgan fingerprint density at radius 1 is 1.09 bits per heavy atom. The van der Waals surface area contributed by atoms with Crippen LogP contribution in [0.1, 0.15) is 55.3 Å². The van der Waals surface area contributed by atoms with E-state index in [-0.39, 0.29) is 17.3 Å². The van der Waals surface area contributed by atoms with Crippen molar-refractivity contribution in [2.45, 2.75) is 44.9 Å². The first-order valence-corrected chi connectivity index (χ1v) is 7.95. The zero-order chi connectivity index (χ0) is 16.9. The Balaban J connectivity index is 2.19. The summed E-state index contributed by atoms with van der Waals surface area (Å²) < 4.78 is 5.14. The van der Waals surface area contributed by atoms with E-state index < -0.39 is 5.97 Å². The number of carboxylic acids is 1. The van der Waals surface area contributed by atoms with Gasteiger partial charge in [-0.1, -0.05) is 56.2 Å². The Morgan fingerprint density at radius 3 is 2.52 bits per heavy atom. The molecule has 1 aromatic rings. The van der Waals surface area contributed by atoms with Crippen LogP contribution in [-0.4, -0.2) is 17.0 Å². The fourth-order valence-electron chi connectivity index (χ4n) is 2.16. The molecule has 0 saturated carbocycles. The van der Waals surface area contributed by atoms with E-state index in [9.17, 15) is 9.59 Å². The number of aromatic carboxylic acids is 1. The smallest absolute Gasteiger partial charge is 0.339 e. The fourth-order valence-corrected chi connectivity index (χ4v) is 2.16. The normalized spacial score (nSPS) is 10.6. The van der Waals surface area contributed by atoms with Crippen molar-refractivity contribution in [3.63, 3.8) is 0 Å². The molecule has 0 fully saturated rings. The third-order valence-corrected chi connectivity index (χ3v) is 3.37. The summed E-state index contributed by atoms with van der Waals surface area (Å²) in [5.41, 5.74) is 0.00780. The highest BCUT2D eigenvalue weighted by Crippen LogP contribution is 2.19. The van der Waals surface area contributed by atoms with E-state index in [1.807, 2.05) is 6.08 Å². The van der Waals surface area contributed by atoms with Gasteiger partial charge in [-0.15, -0.1) is 0 Å². The molecule has 0 radical (unpaired) electrons. The van der Waals surface area contributed by atoms with E-state index in [1.54, 1.807) is 18.2 Å². The highest BCUT2D eigenvalue weighted by atomic mass is 16.5. The standard InChI is InChI=1S/C19H24O4/c1-2-3-4-5-6-7-8-9-10-15-18(20)23-17-14-12-11-13-16(17)19(21)22/h2-4,11-14H,1,5-10,15H2,(H,21,22)/b4-3+. The van der Waals surface area contributed by atoms with Crippen LogP contribution in [0.5, 0.6) is 5.75 Å². The molecule has 0 aromatic heterocycles. The molecule has 1 rings (SSSR count). The van der Waals surface area contributed by atoms with Gasteiger partial charge >= 0.3 is 11.9 Å². The molecule has 0 atom stereocenters. The summed E-state index contributed by atoms with van der Waals surface area (Å²) in [5.74, 6) is -1.37. The Labute approximate surface area is 137 Å². The van der Waals surface area contributed by atoms with Gasteiger partial charge in [0.15, 0.2) is 0 Å². The molecule has 0 unspecified atom stereocenters. The van der Waals surface area contributed by atoms with Crippen LogP contribution in [-0.2, 0) is 4.79 Å². The molecule has 0 saturated heterocycles. The quantitative estimate of drug-likeness (QED) is 0.276. The summed E-state index contributed by atoms with van der Waals surface area (Å²) in [6.45, 7) is 3.62. The number of unbranched alkanes of at least 4 members (excludes halogenated alkanes) is 5. The molecule has 0 amide bonds. The minimum atomic E-state index is -1.10. The molecule has 0 spiro atoms. The molecule has 0 bridgehead atoms. The zero-order valence-corrected chi connectivity index (χ0v) is 13.4. The van der Waals surface area contributed by atoms with Crippen molar-refractivity contribution >= 4 is 11.9 Å². The number of esters is 1. The van der Waals surface area contributed by atoms with E-state index in [0.29, 0.717) is 6.42 Å². The lowest BCUT2D eigenvalue weighted by atomic mass is 10.1. The predicted octanol–water partition coefficient (Wildman–Crippen LogP) is 4.76. The molecule has 0 aliphatic heterocycles. The van der Waals surface area contributed by atoms with Crippen LogP contribution in [0.4, 0.5) is 0 Å². The van der Waals surface area contributed by atoms with Gasteiger partial charge < -0.3 is 9.84 Å². The summed E-state index contributed by atoms with van der Waals surface area (Å²) in [6, 6.07) is 6.17. The Bertz CT molecular complexity index is 546. The third kappa shape index (κ3) is 8.00. The van der Waals surface area contributed by atoms with E-state index in [4.69, 9.17) is 9.84 Å². The number of allylic oxidation sites excluding steroid dienone is 3. The van der Waals surface area contributed by atoms with Crippen molar-refractivity contribution in [3.05, 3.63) is 54.6 Å². The zero-order valence-electron chi connectivity index (χ0n) is 13.4. The lowest BCUT2D eigenvalue weighted by molar-refractivity contribution is -0.134. The van der Waals surface area contributed by atoms with Crippen LogP contribution in [0.3, 0.4) is 0 Å². The molecule has 124 valence electrons. The van der Waals surface area contributed by atoms with Gasteiger partial charge in [0.2, 0.25) is 0 Å². The average molecular weight is 316 g/mol. The summed E-state index contributed by atoms with van der Waals surface area (Å²) in [5, 5.41) is 9.03. The number of benzene rings is 1. The molecule has 0 aliphatic rings. The maximum atomic E-state index is 11.8. The number of hydrogen-bond acceptors (Lipinski definition) is 3. The lowest BCUT2D eigenvalue weighted by Gasteiger charge is -2.07. The van der Waals surface area contributed by atoms with Gasteiger partial charge in [0, 0.05) is 6.42 Å². The van der Waals surface area contributed by atoms with E-state index >= 15 is 0 Å². The molecule has 0 aliphatic carbocycles. The van der Waals surface area contributed by atoms with Gasteiger partial charge in [-0.05, 0) is 31.4 Å². The van der Waals surface area contributed by atoms with Crippen LogP contribution >= 0.6 is 0 Å². The van der Waals surface area contributed by atoms with Crippen LogP contribution in [0.25, 0.3) is 0 Å². The number of carbonyl (C=O) groups excluding carboxylic acids is 1. The van der Waals surface area contributed by atoms with Crippen LogP contribution in [0.15, 0.2) is 49.1 Å². The molecule has 23 heavy (non-hydrogen) atoms. The van der Waals surface area contributed by atoms with Gasteiger partial charge in [-0.3, -0.25) is 4.79 Å². The molecular weight excluding hydrogens is 292 g/mol. The van der Waals surface area contributed by atoms with E-state index in [0.717, 1.165) is 38.5 Å². The van der Waals surface area contributed by atoms with Gasteiger partial charge in [-0.2, -0.15) is 0 Å². The minimum Gasteiger partial charge on any atom is -0.478 e. The maximum absolute atomic E-state index is 11.8. The first-order valence-electron chi connectivity index (χ1n) is 7.95. The molecule has 4 nitrogen and oxygen atoms in total. The number of hydrogen-bond donors (Lipinski definition) is 1. The molecule has 0 heterocycles. The van der Waals surface area contributed by atoms with Crippen molar-refractivity contribution in [2.75, 3.05) is 0 Å². The van der Waals surface area contributed by atoms with Crippen molar-refractivity contribution in [1.82, 2.24) is 0 Å². The SMILES string of the molecule is C=C/C=C/CCCCCCCC(=O)Oc1ccccc1C(=O)O.